The van der Waals surface area contributed by atoms with Gasteiger partial charge in [-0.25, -0.2) is 0 Å². The highest BCUT2D eigenvalue weighted by molar-refractivity contribution is 7.99. The molecule has 3 nitrogen and oxygen atoms in total. The molecule has 1 heterocycles. The van der Waals surface area contributed by atoms with Gasteiger partial charge >= 0.3 is 5.97 Å². The minimum absolute atomic E-state index is 0.144. The van der Waals surface area contributed by atoms with Crippen molar-refractivity contribution in [2.45, 2.75) is 30.9 Å². The third kappa shape index (κ3) is 4.22. The second-order valence-corrected chi connectivity index (χ2v) is 8.82. The number of aliphatic carboxylic acids is 1. The molecule has 1 saturated heterocycles. The van der Waals surface area contributed by atoms with Crippen LogP contribution in [0.4, 0.5) is 0 Å². The fourth-order valence-electron chi connectivity index (χ4n) is 4.35. The highest BCUT2D eigenvalue weighted by Crippen LogP contribution is 2.41. The summed E-state index contributed by atoms with van der Waals surface area (Å²) in [4.78, 5) is 13.6. The molecule has 142 valence electrons. The summed E-state index contributed by atoms with van der Waals surface area (Å²) in [6.07, 6.45) is 3.81. The predicted octanol–water partition coefficient (Wildman–Crippen LogP) is 4.40. The monoisotopic (exact) mass is 381 g/mol. The average molecular weight is 382 g/mol. The van der Waals surface area contributed by atoms with E-state index >= 15 is 0 Å². The molecule has 1 N–H and O–H groups in total. The van der Waals surface area contributed by atoms with Crippen molar-refractivity contribution >= 4 is 17.7 Å². The minimum atomic E-state index is -0.629. The van der Waals surface area contributed by atoms with Crippen LogP contribution in [0, 0.1) is 5.92 Å². The number of hydrogen-bond acceptors (Lipinski definition) is 3. The summed E-state index contributed by atoms with van der Waals surface area (Å²) < 4.78 is 0. The molecule has 2 aromatic rings. The Hall–Kier alpha value is -1.78. The van der Waals surface area contributed by atoms with Crippen LogP contribution in [0.25, 0.3) is 0 Å². The fourth-order valence-corrected chi connectivity index (χ4v) is 5.77. The molecule has 27 heavy (non-hydrogen) atoms. The third-order valence-corrected chi connectivity index (χ3v) is 7.23. The maximum atomic E-state index is 11.1. The predicted molar refractivity (Wildman–Crippen MR) is 111 cm³/mol. The van der Waals surface area contributed by atoms with E-state index in [0.29, 0.717) is 5.25 Å². The molecule has 1 fully saturated rings. The van der Waals surface area contributed by atoms with Crippen LogP contribution in [-0.2, 0) is 17.6 Å². The molecule has 2 aliphatic rings. The van der Waals surface area contributed by atoms with E-state index in [0.717, 1.165) is 51.1 Å². The van der Waals surface area contributed by atoms with Crippen LogP contribution in [0.2, 0.25) is 0 Å². The average Bonchev–Trinajstić information content (AvgIpc) is 2.86. The van der Waals surface area contributed by atoms with E-state index < -0.39 is 5.97 Å². The lowest BCUT2D eigenvalue weighted by molar-refractivity contribution is -0.143. The zero-order valence-electron chi connectivity index (χ0n) is 15.6. The first kappa shape index (κ1) is 18.6. The van der Waals surface area contributed by atoms with Gasteiger partial charge in [0, 0.05) is 12.3 Å². The van der Waals surface area contributed by atoms with Crippen LogP contribution in [-0.4, -0.2) is 41.4 Å². The number of carbonyl (C=O) groups is 1. The van der Waals surface area contributed by atoms with Gasteiger partial charge in [0.2, 0.25) is 0 Å². The van der Waals surface area contributed by atoms with Gasteiger partial charge in [-0.2, -0.15) is 0 Å². The van der Waals surface area contributed by atoms with Crippen LogP contribution >= 0.6 is 11.8 Å². The van der Waals surface area contributed by atoms with Gasteiger partial charge in [-0.05, 0) is 61.0 Å². The summed E-state index contributed by atoms with van der Waals surface area (Å²) in [7, 11) is 0. The number of aryl methyl sites for hydroxylation is 2. The van der Waals surface area contributed by atoms with Gasteiger partial charge in [-0.15, -0.1) is 11.8 Å². The molecule has 2 aromatic carbocycles. The van der Waals surface area contributed by atoms with E-state index in [9.17, 15) is 4.79 Å². The first-order valence-electron chi connectivity index (χ1n) is 9.95. The summed E-state index contributed by atoms with van der Waals surface area (Å²) in [6.45, 7) is 2.86. The van der Waals surface area contributed by atoms with Crippen molar-refractivity contribution in [3.05, 3.63) is 70.8 Å². The molecule has 0 atom stereocenters. The molecule has 0 spiro atoms. The molecule has 4 rings (SSSR count). The van der Waals surface area contributed by atoms with Crippen LogP contribution in [0.1, 0.15) is 40.3 Å². The van der Waals surface area contributed by atoms with E-state index in [2.05, 4.69) is 53.4 Å². The number of carboxylic acid groups (broad SMARTS) is 1. The second-order valence-electron chi connectivity index (χ2n) is 7.60. The van der Waals surface area contributed by atoms with Gasteiger partial charge in [0.1, 0.15) is 0 Å². The van der Waals surface area contributed by atoms with Crippen molar-refractivity contribution in [3.63, 3.8) is 0 Å². The van der Waals surface area contributed by atoms with E-state index in [1.54, 1.807) is 0 Å². The normalized spacial score (nSPS) is 18.5. The van der Waals surface area contributed by atoms with E-state index in [1.807, 2.05) is 11.8 Å². The minimum Gasteiger partial charge on any atom is -0.481 e. The number of carboxylic acids is 1. The summed E-state index contributed by atoms with van der Waals surface area (Å²) >= 11 is 2.04. The quantitative estimate of drug-likeness (QED) is 0.833. The van der Waals surface area contributed by atoms with Crippen molar-refractivity contribution in [2.24, 2.45) is 5.92 Å². The Bertz CT molecular complexity index is 751. The number of nitrogens with zero attached hydrogens (tertiary/aromatic N) is 1. The highest BCUT2D eigenvalue weighted by atomic mass is 32.2. The number of rotatable bonds is 5. The second kappa shape index (κ2) is 8.49. The van der Waals surface area contributed by atoms with Gasteiger partial charge in [0.25, 0.3) is 0 Å². The van der Waals surface area contributed by atoms with Crippen molar-refractivity contribution in [1.29, 1.82) is 0 Å². The van der Waals surface area contributed by atoms with Crippen molar-refractivity contribution in [3.8, 4) is 0 Å². The lowest BCUT2D eigenvalue weighted by atomic mass is 9.97. The van der Waals surface area contributed by atoms with Crippen LogP contribution in [0.5, 0.6) is 0 Å². The van der Waals surface area contributed by atoms with Gasteiger partial charge in [0.05, 0.1) is 11.2 Å². The number of thioether (sulfide) groups is 1. The standard InChI is InChI=1S/C23H27NO2S/c25-23(26)19-11-13-24(14-12-19)15-16-27-22-20-7-3-1-5-17(20)9-10-18-6-2-4-8-21(18)22/h1-8,19,22H,9-16H2,(H,25,26). The molecule has 1 aliphatic heterocycles. The molecule has 0 radical (unpaired) electrons. The lowest BCUT2D eigenvalue weighted by Crippen LogP contribution is -2.37. The van der Waals surface area contributed by atoms with E-state index in [4.69, 9.17) is 5.11 Å². The number of hydrogen-bond donors (Lipinski definition) is 1. The fraction of sp³-hybridized carbons (Fsp3) is 0.435. The molecule has 0 amide bonds. The Labute approximate surface area is 165 Å². The van der Waals surface area contributed by atoms with Gasteiger partial charge in [-0.1, -0.05) is 48.5 Å². The van der Waals surface area contributed by atoms with Crippen molar-refractivity contribution < 1.29 is 9.90 Å². The Kier molecular flexibility index (Phi) is 5.84. The highest BCUT2D eigenvalue weighted by Gasteiger charge is 2.26. The van der Waals surface area contributed by atoms with Crippen LogP contribution in [0.15, 0.2) is 48.5 Å². The number of likely N-dealkylation sites (tertiary alicyclic amines) is 1. The SMILES string of the molecule is O=C(O)C1CCN(CCSC2c3ccccc3CCc3ccccc32)CC1. The van der Waals surface area contributed by atoms with Gasteiger partial charge < -0.3 is 10.0 Å². The molecule has 0 unspecified atom stereocenters. The van der Waals surface area contributed by atoms with Crippen LogP contribution in [0.3, 0.4) is 0 Å². The maximum Gasteiger partial charge on any atom is 0.306 e. The number of benzene rings is 2. The molecule has 0 saturated carbocycles. The summed E-state index contributed by atoms with van der Waals surface area (Å²) in [5, 5.41) is 9.56. The first-order valence-corrected chi connectivity index (χ1v) is 11.0. The zero-order chi connectivity index (χ0) is 18.6. The topological polar surface area (TPSA) is 40.5 Å². The number of fused-ring (bicyclic) bond motifs is 2. The summed E-state index contributed by atoms with van der Waals surface area (Å²) in [5.74, 6) is 0.302. The lowest BCUT2D eigenvalue weighted by Gasteiger charge is -2.30. The van der Waals surface area contributed by atoms with E-state index in [1.165, 1.54) is 22.3 Å². The molecular formula is C23H27NO2S. The molecule has 0 aromatic heterocycles. The molecule has 4 heteroatoms. The van der Waals surface area contributed by atoms with Crippen molar-refractivity contribution in [1.82, 2.24) is 4.90 Å². The smallest absolute Gasteiger partial charge is 0.306 e. The van der Waals surface area contributed by atoms with Gasteiger partial charge in [0.15, 0.2) is 0 Å². The first-order chi connectivity index (χ1) is 13.2. The Balaban J connectivity index is 1.43. The van der Waals surface area contributed by atoms with Crippen LogP contribution < -0.4 is 0 Å². The molecule has 1 aliphatic carbocycles. The maximum absolute atomic E-state index is 11.1. The van der Waals surface area contributed by atoms with E-state index in [-0.39, 0.29) is 5.92 Å². The van der Waals surface area contributed by atoms with Gasteiger partial charge in [-0.3, -0.25) is 4.79 Å². The Morgan fingerprint density at radius 3 is 2.07 bits per heavy atom. The summed E-state index contributed by atoms with van der Waals surface area (Å²) in [5.41, 5.74) is 5.90. The Morgan fingerprint density at radius 1 is 0.963 bits per heavy atom. The molecule has 0 bridgehead atoms. The molecular weight excluding hydrogens is 354 g/mol. The largest absolute Gasteiger partial charge is 0.481 e. The Morgan fingerprint density at radius 2 is 1.52 bits per heavy atom. The third-order valence-electron chi connectivity index (χ3n) is 5.97. The number of piperidine rings is 1. The summed E-state index contributed by atoms with van der Waals surface area (Å²) in [6, 6.07) is 17.8. The zero-order valence-corrected chi connectivity index (χ0v) is 16.5. The van der Waals surface area contributed by atoms with Crippen molar-refractivity contribution in [2.75, 3.05) is 25.4 Å².